The molecule has 0 aliphatic rings. The molecule has 92 heavy (non-hydrogen) atoms. The number of phosphoric acid groups is 2. The fourth-order valence-electron chi connectivity index (χ4n) is 10.5. The van der Waals surface area contributed by atoms with Crippen LogP contribution in [-0.4, -0.2) is 96.7 Å². The Balaban J connectivity index is 5.22. The molecule has 0 aliphatic carbocycles. The molecule has 0 spiro atoms. The Morgan fingerprint density at radius 2 is 0.641 bits per heavy atom. The number of unbranched alkanes of at least 4 members (excludes halogenated alkanes) is 33. The number of carbonyl (C=O) groups excluding carboxylic acids is 4. The van der Waals surface area contributed by atoms with Crippen LogP contribution in [0.4, 0.5) is 0 Å². The average molecular weight is 1350 g/mol. The highest BCUT2D eigenvalue weighted by atomic mass is 31.2. The van der Waals surface area contributed by atoms with Crippen molar-refractivity contribution in [1.29, 1.82) is 0 Å². The fourth-order valence-corrected chi connectivity index (χ4v) is 12.1. The first-order valence-corrected chi connectivity index (χ1v) is 40.2. The molecule has 0 fully saturated rings. The second-order valence-electron chi connectivity index (χ2n) is 26.8. The van der Waals surface area contributed by atoms with Crippen molar-refractivity contribution < 1.29 is 80.2 Å². The van der Waals surface area contributed by atoms with Gasteiger partial charge in [-0.3, -0.25) is 37.3 Å². The Labute approximate surface area is 561 Å². The lowest BCUT2D eigenvalue weighted by molar-refractivity contribution is -0.161. The molecule has 0 aromatic rings. The van der Waals surface area contributed by atoms with Gasteiger partial charge in [-0.1, -0.05) is 291 Å². The number of esters is 4. The van der Waals surface area contributed by atoms with E-state index in [2.05, 4.69) is 72.8 Å². The van der Waals surface area contributed by atoms with Gasteiger partial charge in [-0.25, -0.2) is 9.13 Å². The molecule has 0 bridgehead atoms. The van der Waals surface area contributed by atoms with Crippen molar-refractivity contribution in [2.45, 2.75) is 362 Å². The monoisotopic (exact) mass is 1350 g/mol. The minimum atomic E-state index is -4.96. The Hall–Kier alpha value is -2.46. The normalized spacial score (nSPS) is 14.6. The summed E-state index contributed by atoms with van der Waals surface area (Å²) in [4.78, 5) is 72.6. The van der Waals surface area contributed by atoms with E-state index in [-0.39, 0.29) is 25.7 Å². The van der Waals surface area contributed by atoms with Crippen molar-refractivity contribution in [1.82, 2.24) is 0 Å². The molecule has 0 aliphatic heterocycles. The molecule has 0 aromatic heterocycles. The van der Waals surface area contributed by atoms with E-state index in [4.69, 9.17) is 37.0 Å². The number of carbonyl (C=O) groups is 4. The second-order valence-corrected chi connectivity index (χ2v) is 29.7. The van der Waals surface area contributed by atoms with E-state index in [1.165, 1.54) is 128 Å². The predicted molar refractivity (Wildman–Crippen MR) is 372 cm³/mol. The van der Waals surface area contributed by atoms with Crippen LogP contribution >= 0.6 is 15.6 Å². The van der Waals surface area contributed by atoms with Crippen LogP contribution in [0.3, 0.4) is 0 Å². The molecular weight excluding hydrogens is 1210 g/mol. The molecule has 3 N–H and O–H groups in total. The van der Waals surface area contributed by atoms with E-state index in [0.29, 0.717) is 37.5 Å². The molecule has 0 heterocycles. The van der Waals surface area contributed by atoms with E-state index in [0.717, 1.165) is 121 Å². The third-order valence-corrected chi connectivity index (χ3v) is 18.5. The van der Waals surface area contributed by atoms with Crippen LogP contribution in [-0.2, 0) is 65.4 Å². The van der Waals surface area contributed by atoms with Crippen molar-refractivity contribution in [3.05, 3.63) is 24.3 Å². The summed E-state index contributed by atoms with van der Waals surface area (Å²) in [5.74, 6) is 0.0375. The molecule has 0 radical (unpaired) electrons. The van der Waals surface area contributed by atoms with Gasteiger partial charge in [-0.05, 0) is 69.1 Å². The summed E-state index contributed by atoms with van der Waals surface area (Å²) in [5.41, 5.74) is 0. The molecule has 542 valence electrons. The minimum absolute atomic E-state index is 0.0957. The van der Waals surface area contributed by atoms with Crippen molar-refractivity contribution in [3.8, 4) is 0 Å². The fraction of sp³-hybridized carbons (Fsp3) is 0.890. The van der Waals surface area contributed by atoms with Crippen LogP contribution in [0.15, 0.2) is 24.3 Å². The van der Waals surface area contributed by atoms with E-state index < -0.39 is 97.5 Å². The van der Waals surface area contributed by atoms with Crippen LogP contribution < -0.4 is 0 Å². The number of aliphatic hydroxyl groups is 1. The quantitative estimate of drug-likeness (QED) is 0.0169. The Bertz CT molecular complexity index is 1900. The maximum Gasteiger partial charge on any atom is 0.472 e. The molecule has 17 nitrogen and oxygen atoms in total. The Morgan fingerprint density at radius 3 is 0.967 bits per heavy atom. The number of aliphatic hydroxyl groups excluding tert-OH is 1. The average Bonchev–Trinajstić information content (AvgIpc) is 1.86. The van der Waals surface area contributed by atoms with Gasteiger partial charge in [0, 0.05) is 25.7 Å². The molecule has 0 amide bonds. The summed E-state index contributed by atoms with van der Waals surface area (Å²) >= 11 is 0. The van der Waals surface area contributed by atoms with Gasteiger partial charge in [0.1, 0.15) is 19.3 Å². The van der Waals surface area contributed by atoms with Crippen LogP contribution in [0, 0.1) is 17.8 Å². The van der Waals surface area contributed by atoms with Gasteiger partial charge in [-0.2, -0.15) is 0 Å². The summed E-state index contributed by atoms with van der Waals surface area (Å²) < 4.78 is 68.3. The highest BCUT2D eigenvalue weighted by Crippen LogP contribution is 2.45. The standard InChI is InChI=1S/C73H138O17P2/c1-8-10-11-12-13-14-15-16-18-22-25-28-31-40-47-54-70(75)83-60-69(90-73(78)57-50-43-36-34-39-46-53-66(7)9-2)63-88-92(81,82)86-59-67(74)58-85-91(79,80)87-62-68(61-84-71(76)55-48-41-35-33-38-45-52-65(5)6)89-72(77)56-49-42-32-29-26-23-20-17-19-21-24-27-30-37-44-51-64(3)4/h14-16,18,64-69,74H,8-13,17,19-63H2,1-7H3,(H,79,80)(H,81,82)/b15-14-,18-16-/t66?,67?,68-,69-/m1/s1. The van der Waals surface area contributed by atoms with E-state index in [1.807, 2.05) is 0 Å². The summed E-state index contributed by atoms with van der Waals surface area (Å²) in [6.45, 7) is 11.7. The summed E-state index contributed by atoms with van der Waals surface area (Å²) in [5, 5.41) is 10.6. The first-order chi connectivity index (χ1) is 44.3. The van der Waals surface area contributed by atoms with Crippen LogP contribution in [0.2, 0.25) is 0 Å². The molecule has 0 rings (SSSR count). The summed E-state index contributed by atoms with van der Waals surface area (Å²) in [6, 6.07) is 0. The zero-order valence-corrected chi connectivity index (χ0v) is 61.3. The number of rotatable bonds is 69. The SMILES string of the molecule is CCCCCC/C=C\C=C/CCCCCCCC(=O)OC[C@H](COP(=O)(O)OCC(O)COP(=O)(O)OC[C@@H](COC(=O)CCCCCCCCC(C)C)OC(=O)CCCCCCCCCCCCCCCCCC(C)C)OC(=O)CCCCCCCCC(C)CC. The van der Waals surface area contributed by atoms with Gasteiger partial charge in [0.15, 0.2) is 12.2 Å². The van der Waals surface area contributed by atoms with Gasteiger partial charge in [0.05, 0.1) is 26.4 Å². The molecule has 0 saturated heterocycles. The molecule has 0 aromatic carbocycles. The molecule has 4 unspecified atom stereocenters. The topological polar surface area (TPSA) is 237 Å². The first kappa shape index (κ1) is 89.5. The Morgan fingerprint density at radius 1 is 0.359 bits per heavy atom. The molecule has 6 atom stereocenters. The molecule has 19 heteroatoms. The van der Waals surface area contributed by atoms with Gasteiger partial charge >= 0.3 is 39.5 Å². The maximum atomic E-state index is 13.0. The lowest BCUT2D eigenvalue weighted by atomic mass is 10.00. The van der Waals surface area contributed by atoms with Gasteiger partial charge in [0.2, 0.25) is 0 Å². The zero-order valence-electron chi connectivity index (χ0n) is 59.5. The summed E-state index contributed by atoms with van der Waals surface area (Å²) in [7, 11) is -9.92. The van der Waals surface area contributed by atoms with Crippen molar-refractivity contribution in [3.63, 3.8) is 0 Å². The van der Waals surface area contributed by atoms with Gasteiger partial charge < -0.3 is 33.8 Å². The number of phosphoric ester groups is 2. The smallest absolute Gasteiger partial charge is 0.462 e. The predicted octanol–water partition coefficient (Wildman–Crippen LogP) is 20.6. The largest absolute Gasteiger partial charge is 0.472 e. The zero-order chi connectivity index (χ0) is 68.0. The van der Waals surface area contributed by atoms with Crippen LogP contribution in [0.1, 0.15) is 344 Å². The third-order valence-electron chi connectivity index (χ3n) is 16.6. The van der Waals surface area contributed by atoms with Crippen molar-refractivity contribution in [2.24, 2.45) is 17.8 Å². The second kappa shape index (κ2) is 63.3. The number of hydrogen-bond acceptors (Lipinski definition) is 15. The highest BCUT2D eigenvalue weighted by molar-refractivity contribution is 7.47. The van der Waals surface area contributed by atoms with Crippen LogP contribution in [0.25, 0.3) is 0 Å². The van der Waals surface area contributed by atoms with Gasteiger partial charge in [0.25, 0.3) is 0 Å². The van der Waals surface area contributed by atoms with Crippen LogP contribution in [0.5, 0.6) is 0 Å². The lowest BCUT2D eigenvalue weighted by Crippen LogP contribution is -2.30. The van der Waals surface area contributed by atoms with E-state index >= 15 is 0 Å². The van der Waals surface area contributed by atoms with Gasteiger partial charge in [-0.15, -0.1) is 0 Å². The molecule has 0 saturated carbocycles. The number of ether oxygens (including phenoxy) is 4. The highest BCUT2D eigenvalue weighted by Gasteiger charge is 2.30. The third kappa shape index (κ3) is 64.9. The Kier molecular flexibility index (Phi) is 61.6. The lowest BCUT2D eigenvalue weighted by Gasteiger charge is -2.21. The number of allylic oxidation sites excluding steroid dienone is 4. The van der Waals surface area contributed by atoms with Crippen molar-refractivity contribution >= 4 is 39.5 Å². The van der Waals surface area contributed by atoms with E-state index in [9.17, 15) is 43.2 Å². The maximum absolute atomic E-state index is 13.0. The number of hydrogen-bond donors (Lipinski definition) is 3. The van der Waals surface area contributed by atoms with E-state index in [1.54, 1.807) is 0 Å². The van der Waals surface area contributed by atoms with Crippen molar-refractivity contribution in [2.75, 3.05) is 39.6 Å². The minimum Gasteiger partial charge on any atom is -0.462 e. The first-order valence-electron chi connectivity index (χ1n) is 37.2. The molecular formula is C73H138O17P2. The summed E-state index contributed by atoms with van der Waals surface area (Å²) in [6.07, 6.45) is 51.0.